The van der Waals surface area contributed by atoms with Crippen LogP contribution in [-0.2, 0) is 0 Å². The number of hydrogen-bond acceptors (Lipinski definition) is 2. The van der Waals surface area contributed by atoms with Crippen molar-refractivity contribution in [1.29, 1.82) is 0 Å². The van der Waals surface area contributed by atoms with Crippen LogP contribution in [0.5, 0.6) is 0 Å². The lowest BCUT2D eigenvalue weighted by Gasteiger charge is -2.11. The van der Waals surface area contributed by atoms with Gasteiger partial charge in [-0.2, -0.15) is 0 Å². The Morgan fingerprint density at radius 2 is 2.05 bits per heavy atom. The number of imidazole rings is 1. The molecule has 0 unspecified atom stereocenters. The van der Waals surface area contributed by atoms with Gasteiger partial charge in [-0.25, -0.2) is 4.98 Å². The zero-order valence-electron chi connectivity index (χ0n) is 11.8. The second kappa shape index (κ2) is 4.50. The zero-order valence-corrected chi connectivity index (χ0v) is 12.6. The number of aryl methyl sites for hydroxylation is 1. The van der Waals surface area contributed by atoms with E-state index in [9.17, 15) is 0 Å². The van der Waals surface area contributed by atoms with Gasteiger partial charge in [0.1, 0.15) is 5.82 Å². The molecule has 0 amide bonds. The summed E-state index contributed by atoms with van der Waals surface area (Å²) in [6.07, 6.45) is 2.40. The van der Waals surface area contributed by atoms with Crippen LogP contribution in [0.15, 0.2) is 36.4 Å². The van der Waals surface area contributed by atoms with E-state index in [0.29, 0.717) is 11.1 Å². The summed E-state index contributed by atoms with van der Waals surface area (Å²) < 4.78 is 2.32. The van der Waals surface area contributed by atoms with Gasteiger partial charge in [0.15, 0.2) is 0 Å². The van der Waals surface area contributed by atoms with Crippen molar-refractivity contribution >= 4 is 28.3 Å². The first-order valence-corrected chi connectivity index (χ1v) is 7.56. The van der Waals surface area contributed by atoms with Gasteiger partial charge in [0.25, 0.3) is 0 Å². The second-order valence-corrected chi connectivity index (χ2v) is 6.14. The third-order valence-electron chi connectivity index (χ3n) is 4.13. The highest BCUT2D eigenvalue weighted by atomic mass is 35.5. The van der Waals surface area contributed by atoms with Crippen LogP contribution in [0.4, 0.5) is 5.69 Å². The number of nitrogen functional groups attached to an aromatic ring is 1. The van der Waals surface area contributed by atoms with Crippen LogP contribution in [0.3, 0.4) is 0 Å². The van der Waals surface area contributed by atoms with Crippen molar-refractivity contribution in [2.75, 3.05) is 5.73 Å². The van der Waals surface area contributed by atoms with E-state index in [1.165, 1.54) is 12.8 Å². The Balaban J connectivity index is 2.03. The highest BCUT2D eigenvalue weighted by molar-refractivity contribution is 6.31. The van der Waals surface area contributed by atoms with E-state index in [0.717, 1.165) is 33.7 Å². The van der Waals surface area contributed by atoms with E-state index in [2.05, 4.69) is 10.6 Å². The summed E-state index contributed by atoms with van der Waals surface area (Å²) in [5.41, 5.74) is 11.2. The minimum Gasteiger partial charge on any atom is -0.398 e. The van der Waals surface area contributed by atoms with Crippen molar-refractivity contribution in [1.82, 2.24) is 9.55 Å². The Morgan fingerprint density at radius 1 is 1.24 bits per heavy atom. The Bertz CT molecular complexity index is 847. The summed E-state index contributed by atoms with van der Waals surface area (Å²) in [7, 11) is 0. The molecule has 1 saturated carbocycles. The largest absolute Gasteiger partial charge is 0.398 e. The average Bonchev–Trinajstić information content (AvgIpc) is 3.23. The van der Waals surface area contributed by atoms with Crippen LogP contribution in [0.1, 0.15) is 24.4 Å². The van der Waals surface area contributed by atoms with Gasteiger partial charge in [-0.1, -0.05) is 23.7 Å². The number of hydrogen-bond donors (Lipinski definition) is 1. The molecule has 3 nitrogen and oxygen atoms in total. The number of aromatic nitrogens is 2. The van der Waals surface area contributed by atoms with E-state index in [4.69, 9.17) is 22.3 Å². The van der Waals surface area contributed by atoms with Gasteiger partial charge in [-0.05, 0) is 49.6 Å². The maximum Gasteiger partial charge on any atom is 0.143 e. The lowest BCUT2D eigenvalue weighted by molar-refractivity contribution is 0.775. The minimum atomic E-state index is 0.533. The molecule has 0 bridgehead atoms. The van der Waals surface area contributed by atoms with Crippen LogP contribution in [-0.4, -0.2) is 9.55 Å². The van der Waals surface area contributed by atoms with Gasteiger partial charge >= 0.3 is 0 Å². The topological polar surface area (TPSA) is 43.8 Å². The number of para-hydroxylation sites is 1. The van der Waals surface area contributed by atoms with Crippen LogP contribution >= 0.6 is 11.6 Å². The van der Waals surface area contributed by atoms with Crippen molar-refractivity contribution in [3.8, 4) is 11.4 Å². The number of halogens is 1. The lowest BCUT2D eigenvalue weighted by Crippen LogP contribution is -2.01. The van der Waals surface area contributed by atoms with Gasteiger partial charge < -0.3 is 10.3 Å². The molecule has 4 rings (SSSR count). The second-order valence-electron chi connectivity index (χ2n) is 5.71. The molecule has 2 aromatic carbocycles. The quantitative estimate of drug-likeness (QED) is 0.703. The monoisotopic (exact) mass is 297 g/mol. The number of anilines is 1. The van der Waals surface area contributed by atoms with Gasteiger partial charge in [-0.3, -0.25) is 0 Å². The van der Waals surface area contributed by atoms with Crippen molar-refractivity contribution in [3.63, 3.8) is 0 Å². The molecule has 0 aliphatic heterocycles. The Morgan fingerprint density at radius 3 is 2.81 bits per heavy atom. The third kappa shape index (κ3) is 2.00. The summed E-state index contributed by atoms with van der Waals surface area (Å²) in [5, 5.41) is 0.715. The molecule has 1 heterocycles. The van der Waals surface area contributed by atoms with Crippen LogP contribution in [0, 0.1) is 6.92 Å². The normalized spacial score (nSPS) is 14.8. The number of nitrogens with two attached hydrogens (primary N) is 1. The van der Waals surface area contributed by atoms with E-state index >= 15 is 0 Å². The molecule has 0 spiro atoms. The fourth-order valence-electron chi connectivity index (χ4n) is 2.84. The molecule has 2 N–H and O–H groups in total. The van der Waals surface area contributed by atoms with Crippen LogP contribution in [0.25, 0.3) is 22.4 Å². The molecule has 0 radical (unpaired) electrons. The predicted octanol–water partition coefficient (Wildman–Crippen LogP) is 4.58. The average molecular weight is 298 g/mol. The smallest absolute Gasteiger partial charge is 0.143 e. The number of nitrogens with zero attached hydrogens (tertiary/aromatic N) is 2. The Hall–Kier alpha value is -2.00. The highest BCUT2D eigenvalue weighted by Crippen LogP contribution is 2.42. The van der Waals surface area contributed by atoms with E-state index < -0.39 is 0 Å². The van der Waals surface area contributed by atoms with Crippen molar-refractivity contribution in [2.45, 2.75) is 25.8 Å². The molecule has 1 aliphatic rings. The van der Waals surface area contributed by atoms with E-state index in [1.54, 1.807) is 0 Å². The fourth-order valence-corrected chi connectivity index (χ4v) is 3.01. The first-order valence-electron chi connectivity index (χ1n) is 7.18. The molecule has 4 heteroatoms. The predicted molar refractivity (Wildman–Crippen MR) is 87.6 cm³/mol. The highest BCUT2D eigenvalue weighted by Gasteiger charge is 2.29. The Kier molecular flexibility index (Phi) is 2.73. The third-order valence-corrected chi connectivity index (χ3v) is 4.36. The van der Waals surface area contributed by atoms with Crippen LogP contribution in [0.2, 0.25) is 5.02 Å². The molecular formula is C17H16ClN3. The van der Waals surface area contributed by atoms with Gasteiger partial charge in [-0.15, -0.1) is 0 Å². The molecule has 3 aromatic rings. The maximum atomic E-state index is 6.28. The van der Waals surface area contributed by atoms with Gasteiger partial charge in [0.05, 0.1) is 11.0 Å². The summed E-state index contributed by atoms with van der Waals surface area (Å²) in [5.74, 6) is 0.955. The molecule has 1 aromatic heterocycles. The summed E-state index contributed by atoms with van der Waals surface area (Å²) >= 11 is 6.10. The number of rotatable bonds is 2. The zero-order chi connectivity index (χ0) is 14.6. The van der Waals surface area contributed by atoms with Crippen molar-refractivity contribution in [2.24, 2.45) is 0 Å². The summed E-state index contributed by atoms with van der Waals surface area (Å²) in [4.78, 5) is 4.81. The summed E-state index contributed by atoms with van der Waals surface area (Å²) in [6.45, 7) is 2.03. The number of fused-ring (bicyclic) bond motifs is 1. The molecule has 0 atom stereocenters. The number of benzene rings is 2. The molecule has 1 fully saturated rings. The standard InChI is InChI=1S/C17H16ClN3/c1-10-3-2-4-13(16(10)19)17-20-14-9-11(18)5-8-15(14)21(17)12-6-7-12/h2-5,8-9,12H,6-7,19H2,1H3. The molecule has 106 valence electrons. The summed E-state index contributed by atoms with van der Waals surface area (Å²) in [6, 6.07) is 12.5. The van der Waals surface area contributed by atoms with E-state index in [1.807, 2.05) is 37.3 Å². The van der Waals surface area contributed by atoms with Gasteiger partial charge in [0.2, 0.25) is 0 Å². The molecule has 0 saturated heterocycles. The molecule has 1 aliphatic carbocycles. The molecular weight excluding hydrogens is 282 g/mol. The van der Waals surface area contributed by atoms with Crippen molar-refractivity contribution in [3.05, 3.63) is 47.0 Å². The van der Waals surface area contributed by atoms with Crippen LogP contribution < -0.4 is 5.73 Å². The Labute approximate surface area is 128 Å². The fraction of sp³-hybridized carbons (Fsp3) is 0.235. The minimum absolute atomic E-state index is 0.533. The SMILES string of the molecule is Cc1cccc(-c2nc3cc(Cl)ccc3n2C2CC2)c1N. The van der Waals surface area contributed by atoms with Crippen molar-refractivity contribution < 1.29 is 0 Å². The lowest BCUT2D eigenvalue weighted by atomic mass is 10.1. The van der Waals surface area contributed by atoms with E-state index in [-0.39, 0.29) is 0 Å². The maximum absolute atomic E-state index is 6.28. The first kappa shape index (κ1) is 12.7. The molecule has 21 heavy (non-hydrogen) atoms. The van der Waals surface area contributed by atoms with Gasteiger partial charge in [0, 0.05) is 22.3 Å². The first-order chi connectivity index (χ1) is 10.1.